The zero-order chi connectivity index (χ0) is 9.35. The fourth-order valence-electron chi connectivity index (χ4n) is 1.16. The maximum atomic E-state index is 11.5. The van der Waals surface area contributed by atoms with E-state index in [1.165, 1.54) is 11.8 Å². The smallest absolute Gasteiger partial charge is 0.162 e. The largest absolute Gasteiger partial charge is 0.632 e. The molecule has 4 nitrogen and oxygen atoms in total. The first kappa shape index (κ1) is 10.3. The van der Waals surface area contributed by atoms with Crippen LogP contribution in [0.5, 0.6) is 0 Å². The lowest BCUT2D eigenvalue weighted by Crippen LogP contribution is -2.47. The predicted octanol–water partition coefficient (Wildman–Crippen LogP) is 0.705. The number of aliphatic hydroxyl groups excluding tert-OH is 1. The summed E-state index contributed by atoms with van der Waals surface area (Å²) in [5.41, 5.74) is -0.0925. The van der Waals surface area contributed by atoms with Gasteiger partial charge in [0.25, 0.3) is 0 Å². The Bertz CT molecular complexity index is 149. The predicted molar refractivity (Wildman–Crippen MR) is 48.0 cm³/mol. The van der Waals surface area contributed by atoms with Gasteiger partial charge in [-0.1, -0.05) is 11.8 Å². The van der Waals surface area contributed by atoms with Gasteiger partial charge in [-0.15, -0.1) is 0 Å². The maximum absolute atomic E-state index is 11.5. The van der Waals surface area contributed by atoms with Gasteiger partial charge in [-0.05, 0) is 6.92 Å². The molecule has 1 aliphatic heterocycles. The molecule has 12 heavy (non-hydrogen) atoms. The molecular weight excluding hydrogens is 178 g/mol. The molecule has 1 aliphatic rings. The van der Waals surface area contributed by atoms with Gasteiger partial charge in [0.1, 0.15) is 10.8 Å². The molecule has 0 bridgehead atoms. The topological polar surface area (TPSA) is 52.5 Å². The SMILES string of the molecule is CC1OC(O)CC([N+](C)(C)[O-])S1. The first-order chi connectivity index (χ1) is 5.39. The summed E-state index contributed by atoms with van der Waals surface area (Å²) in [6.45, 7) is 1.84. The van der Waals surface area contributed by atoms with Crippen LogP contribution in [0.25, 0.3) is 0 Å². The summed E-state index contributed by atoms with van der Waals surface area (Å²) in [5.74, 6) is 0. The van der Waals surface area contributed by atoms with Crippen molar-refractivity contribution in [3.05, 3.63) is 5.21 Å². The lowest BCUT2D eigenvalue weighted by atomic mass is 10.4. The van der Waals surface area contributed by atoms with Gasteiger partial charge in [-0.2, -0.15) is 0 Å². The molecule has 1 saturated heterocycles. The van der Waals surface area contributed by atoms with E-state index in [0.717, 1.165) is 0 Å². The van der Waals surface area contributed by atoms with Crippen LogP contribution in [-0.4, -0.2) is 40.9 Å². The zero-order valence-electron chi connectivity index (χ0n) is 7.56. The molecule has 72 valence electrons. The van der Waals surface area contributed by atoms with Crippen molar-refractivity contribution in [1.82, 2.24) is 0 Å². The number of quaternary nitrogens is 1. The number of aliphatic hydroxyl groups is 1. The minimum Gasteiger partial charge on any atom is -0.632 e. The Kier molecular flexibility index (Phi) is 3.01. The lowest BCUT2D eigenvalue weighted by molar-refractivity contribution is -0.852. The summed E-state index contributed by atoms with van der Waals surface area (Å²) in [5, 5.41) is 20.6. The molecule has 5 heteroatoms. The van der Waals surface area contributed by atoms with Crippen molar-refractivity contribution >= 4 is 11.8 Å². The van der Waals surface area contributed by atoms with Crippen LogP contribution in [0, 0.1) is 5.21 Å². The first-order valence-corrected chi connectivity index (χ1v) is 4.87. The standard InChI is InChI=1S/C7H15NO3S/c1-5-11-7(9)4-6(12-5)8(2,3)10/h5-7,9H,4H2,1-3H3. The number of rotatable bonds is 1. The molecule has 3 unspecified atom stereocenters. The lowest BCUT2D eigenvalue weighted by Gasteiger charge is -2.45. The Hall–Kier alpha value is 0.190. The highest BCUT2D eigenvalue weighted by Gasteiger charge is 2.32. The number of hydroxylamine groups is 3. The van der Waals surface area contributed by atoms with E-state index >= 15 is 0 Å². The second-order valence-corrected chi connectivity index (χ2v) is 4.90. The summed E-state index contributed by atoms with van der Waals surface area (Å²) >= 11 is 1.47. The number of thioether (sulfide) groups is 1. The van der Waals surface area contributed by atoms with Crippen molar-refractivity contribution in [2.24, 2.45) is 0 Å². The number of ether oxygens (including phenoxy) is 1. The molecule has 1 N–H and O–H groups in total. The number of hydrogen-bond donors (Lipinski definition) is 1. The molecule has 0 aromatic heterocycles. The minimum absolute atomic E-state index is 0.0925. The molecule has 0 aromatic carbocycles. The van der Waals surface area contributed by atoms with Crippen molar-refractivity contribution in [3.8, 4) is 0 Å². The van der Waals surface area contributed by atoms with Crippen molar-refractivity contribution in [1.29, 1.82) is 0 Å². The van der Waals surface area contributed by atoms with Gasteiger partial charge in [-0.25, -0.2) is 0 Å². The van der Waals surface area contributed by atoms with E-state index in [9.17, 15) is 10.3 Å². The van der Waals surface area contributed by atoms with Gasteiger partial charge in [0.15, 0.2) is 6.29 Å². The highest BCUT2D eigenvalue weighted by atomic mass is 32.2. The first-order valence-electron chi connectivity index (χ1n) is 3.93. The van der Waals surface area contributed by atoms with Crippen molar-refractivity contribution in [3.63, 3.8) is 0 Å². The summed E-state index contributed by atoms with van der Waals surface area (Å²) < 4.78 is 4.70. The molecule has 0 aromatic rings. The van der Waals surface area contributed by atoms with Gasteiger partial charge in [-0.3, -0.25) is 0 Å². The normalized spacial score (nSPS) is 38.2. The summed E-state index contributed by atoms with van der Waals surface area (Å²) in [4.78, 5) is 0. The summed E-state index contributed by atoms with van der Waals surface area (Å²) in [6.07, 6.45) is -0.372. The van der Waals surface area contributed by atoms with Crippen molar-refractivity contribution in [2.75, 3.05) is 14.1 Å². The minimum atomic E-state index is -0.780. The molecule has 0 saturated carbocycles. The van der Waals surface area contributed by atoms with Crippen LogP contribution in [0.2, 0.25) is 0 Å². The number of hydrogen-bond acceptors (Lipinski definition) is 4. The van der Waals surface area contributed by atoms with Crippen LogP contribution in [0.3, 0.4) is 0 Å². The third-order valence-corrected chi connectivity index (χ3v) is 3.30. The van der Waals surface area contributed by atoms with Gasteiger partial charge in [0.05, 0.1) is 20.5 Å². The Labute approximate surface area is 76.7 Å². The average molecular weight is 193 g/mol. The van der Waals surface area contributed by atoms with Crippen LogP contribution in [-0.2, 0) is 4.74 Å². The Balaban J connectivity index is 2.55. The fraction of sp³-hybridized carbons (Fsp3) is 1.00. The average Bonchev–Trinajstić information content (AvgIpc) is 1.82. The van der Waals surface area contributed by atoms with E-state index in [0.29, 0.717) is 6.42 Å². The molecule has 3 atom stereocenters. The van der Waals surface area contributed by atoms with Crippen molar-refractivity contribution < 1.29 is 14.5 Å². The highest BCUT2D eigenvalue weighted by molar-refractivity contribution is 8.00. The van der Waals surface area contributed by atoms with E-state index in [1.54, 1.807) is 14.1 Å². The van der Waals surface area contributed by atoms with Crippen LogP contribution in [0.15, 0.2) is 0 Å². The van der Waals surface area contributed by atoms with Gasteiger partial charge >= 0.3 is 0 Å². The summed E-state index contributed by atoms with van der Waals surface area (Å²) in [6, 6.07) is 0. The van der Waals surface area contributed by atoms with Crippen molar-refractivity contribution in [2.45, 2.75) is 30.4 Å². The zero-order valence-corrected chi connectivity index (χ0v) is 8.37. The highest BCUT2D eigenvalue weighted by Crippen LogP contribution is 2.33. The molecule has 1 fully saturated rings. The van der Waals surface area contributed by atoms with E-state index < -0.39 is 6.29 Å². The van der Waals surface area contributed by atoms with Crippen LogP contribution >= 0.6 is 11.8 Å². The molecular formula is C7H15NO3S. The van der Waals surface area contributed by atoms with Crippen LogP contribution < -0.4 is 0 Å². The number of nitrogens with zero attached hydrogens (tertiary/aromatic N) is 1. The molecule has 0 spiro atoms. The van der Waals surface area contributed by atoms with E-state index in [2.05, 4.69) is 0 Å². The third-order valence-electron chi connectivity index (χ3n) is 1.79. The second kappa shape index (κ2) is 3.51. The van der Waals surface area contributed by atoms with Crippen LogP contribution in [0.1, 0.15) is 13.3 Å². The van der Waals surface area contributed by atoms with Gasteiger partial charge < -0.3 is 19.7 Å². The fourth-order valence-corrected chi connectivity index (χ4v) is 2.36. The van der Waals surface area contributed by atoms with Crippen LogP contribution in [0.4, 0.5) is 0 Å². The van der Waals surface area contributed by atoms with Gasteiger partial charge in [0, 0.05) is 0 Å². The molecule has 0 radical (unpaired) electrons. The second-order valence-electron chi connectivity index (χ2n) is 3.42. The maximum Gasteiger partial charge on any atom is 0.162 e. The van der Waals surface area contributed by atoms with E-state index in [-0.39, 0.29) is 15.5 Å². The third kappa shape index (κ3) is 2.60. The van der Waals surface area contributed by atoms with E-state index in [4.69, 9.17) is 4.74 Å². The monoisotopic (exact) mass is 193 g/mol. The Morgan fingerprint density at radius 2 is 2.17 bits per heavy atom. The van der Waals surface area contributed by atoms with Gasteiger partial charge in [0.2, 0.25) is 0 Å². The molecule has 1 rings (SSSR count). The van der Waals surface area contributed by atoms with E-state index in [1.807, 2.05) is 6.92 Å². The summed E-state index contributed by atoms with van der Waals surface area (Å²) in [7, 11) is 3.17. The molecule has 0 amide bonds. The molecule has 0 aliphatic carbocycles. The molecule has 1 heterocycles. The quantitative estimate of drug-likeness (QED) is 0.492. The Morgan fingerprint density at radius 3 is 2.58 bits per heavy atom. The Morgan fingerprint density at radius 1 is 1.58 bits per heavy atom.